The van der Waals surface area contributed by atoms with E-state index in [2.05, 4.69) is 10.3 Å². The van der Waals surface area contributed by atoms with E-state index in [0.717, 1.165) is 11.1 Å². The predicted octanol–water partition coefficient (Wildman–Crippen LogP) is 4.39. The Morgan fingerprint density at radius 1 is 1.03 bits per heavy atom. The van der Waals surface area contributed by atoms with E-state index >= 15 is 0 Å². The van der Waals surface area contributed by atoms with Gasteiger partial charge >= 0.3 is 12.1 Å². The van der Waals surface area contributed by atoms with E-state index in [1.807, 2.05) is 36.4 Å². The third kappa shape index (κ3) is 10.5. The zero-order valence-corrected chi connectivity index (χ0v) is 20.5. The minimum absolute atomic E-state index is 0.0568. The summed E-state index contributed by atoms with van der Waals surface area (Å²) >= 11 is 0. The number of carbonyl (C=O) groups is 3. The van der Waals surface area contributed by atoms with E-state index in [0.29, 0.717) is 38.0 Å². The summed E-state index contributed by atoms with van der Waals surface area (Å²) in [6.07, 6.45) is 3.22. The highest BCUT2D eigenvalue weighted by molar-refractivity contribution is 5.83. The molecule has 0 spiro atoms. The van der Waals surface area contributed by atoms with E-state index in [9.17, 15) is 14.4 Å². The van der Waals surface area contributed by atoms with E-state index in [1.165, 1.54) is 0 Å². The maximum absolute atomic E-state index is 12.9. The average molecular weight is 470 g/mol. The molecule has 1 N–H and O–H groups in total. The number of nitrogens with one attached hydrogen (secondary N) is 1. The molecule has 2 amide bonds. The Labute approximate surface area is 201 Å². The Kier molecular flexibility index (Phi) is 10.5. The number of aryl methyl sites for hydroxylation is 1. The summed E-state index contributed by atoms with van der Waals surface area (Å²) in [5, 5.41) is 2.62. The van der Waals surface area contributed by atoms with Crippen LogP contribution in [0.3, 0.4) is 0 Å². The Bertz CT molecular complexity index is 941. The second kappa shape index (κ2) is 13.3. The molecule has 8 nitrogen and oxygen atoms in total. The lowest BCUT2D eigenvalue weighted by atomic mass is 10.1. The fraction of sp³-hybridized carbons (Fsp3) is 0.462. The SMILES string of the molecule is CCOC(=O)CN(CCc1ccccc1)C(=O)CCCc1ccnc(NC(=O)OC(C)(C)C)c1. The number of rotatable bonds is 11. The van der Waals surface area contributed by atoms with Crippen molar-refractivity contribution in [3.8, 4) is 0 Å². The van der Waals surface area contributed by atoms with Crippen LogP contribution in [0, 0.1) is 0 Å². The molecule has 0 bridgehead atoms. The number of pyridine rings is 1. The summed E-state index contributed by atoms with van der Waals surface area (Å²) in [6.45, 7) is 7.78. The number of esters is 1. The Morgan fingerprint density at radius 3 is 2.44 bits per heavy atom. The van der Waals surface area contributed by atoms with E-state index in [-0.39, 0.29) is 19.1 Å². The monoisotopic (exact) mass is 469 g/mol. The number of amides is 2. The van der Waals surface area contributed by atoms with Gasteiger partial charge in [0.25, 0.3) is 0 Å². The molecule has 1 aromatic carbocycles. The predicted molar refractivity (Wildman–Crippen MR) is 130 cm³/mol. The van der Waals surface area contributed by atoms with Crippen molar-refractivity contribution < 1.29 is 23.9 Å². The van der Waals surface area contributed by atoms with Crippen LogP contribution in [0.1, 0.15) is 51.7 Å². The number of anilines is 1. The molecule has 0 aliphatic rings. The second-order valence-corrected chi connectivity index (χ2v) is 8.89. The van der Waals surface area contributed by atoms with Crippen molar-refractivity contribution in [1.82, 2.24) is 9.88 Å². The molecule has 2 rings (SSSR count). The first kappa shape index (κ1) is 26.8. The van der Waals surface area contributed by atoms with Crippen LogP contribution in [-0.4, -0.2) is 53.2 Å². The lowest BCUT2D eigenvalue weighted by Gasteiger charge is -2.22. The van der Waals surface area contributed by atoms with Gasteiger partial charge < -0.3 is 14.4 Å². The topological polar surface area (TPSA) is 97.8 Å². The zero-order chi connectivity index (χ0) is 25.0. The molecular weight excluding hydrogens is 434 g/mol. The first-order chi connectivity index (χ1) is 16.2. The number of aromatic nitrogens is 1. The van der Waals surface area contributed by atoms with Gasteiger partial charge in [-0.3, -0.25) is 14.9 Å². The van der Waals surface area contributed by atoms with Crippen LogP contribution in [0.2, 0.25) is 0 Å². The molecule has 184 valence electrons. The van der Waals surface area contributed by atoms with Crippen molar-refractivity contribution >= 4 is 23.8 Å². The highest BCUT2D eigenvalue weighted by Crippen LogP contribution is 2.14. The van der Waals surface area contributed by atoms with Crippen LogP contribution in [-0.2, 0) is 31.9 Å². The molecule has 0 fully saturated rings. The van der Waals surface area contributed by atoms with Crippen LogP contribution in [0.4, 0.5) is 10.6 Å². The van der Waals surface area contributed by atoms with Crippen molar-refractivity contribution in [1.29, 1.82) is 0 Å². The molecule has 0 saturated carbocycles. The van der Waals surface area contributed by atoms with Crippen LogP contribution >= 0.6 is 0 Å². The second-order valence-electron chi connectivity index (χ2n) is 8.89. The highest BCUT2D eigenvalue weighted by atomic mass is 16.6. The minimum atomic E-state index is -0.599. The molecule has 0 saturated heterocycles. The summed E-state index contributed by atoms with van der Waals surface area (Å²) in [5.74, 6) is -0.106. The normalized spacial score (nSPS) is 10.9. The minimum Gasteiger partial charge on any atom is -0.465 e. The molecule has 2 aromatic rings. The van der Waals surface area contributed by atoms with Gasteiger partial charge in [-0.1, -0.05) is 30.3 Å². The fourth-order valence-electron chi connectivity index (χ4n) is 3.27. The van der Waals surface area contributed by atoms with Gasteiger partial charge in [-0.25, -0.2) is 9.78 Å². The fourth-order valence-corrected chi connectivity index (χ4v) is 3.27. The summed E-state index contributed by atoms with van der Waals surface area (Å²) in [7, 11) is 0. The average Bonchev–Trinajstić information content (AvgIpc) is 2.76. The molecular formula is C26H35N3O5. The first-order valence-corrected chi connectivity index (χ1v) is 11.6. The van der Waals surface area contributed by atoms with Crippen LogP contribution < -0.4 is 5.32 Å². The maximum Gasteiger partial charge on any atom is 0.413 e. The lowest BCUT2D eigenvalue weighted by molar-refractivity contribution is -0.149. The first-order valence-electron chi connectivity index (χ1n) is 11.6. The molecule has 34 heavy (non-hydrogen) atoms. The van der Waals surface area contributed by atoms with Gasteiger partial charge in [0.15, 0.2) is 0 Å². The summed E-state index contributed by atoms with van der Waals surface area (Å²) in [5.41, 5.74) is 1.44. The van der Waals surface area contributed by atoms with Gasteiger partial charge in [0.1, 0.15) is 18.0 Å². The van der Waals surface area contributed by atoms with E-state index < -0.39 is 17.7 Å². The lowest BCUT2D eigenvalue weighted by Crippen LogP contribution is -2.38. The van der Waals surface area contributed by atoms with Crippen LogP contribution in [0.25, 0.3) is 0 Å². The molecule has 0 atom stereocenters. The van der Waals surface area contributed by atoms with Gasteiger partial charge in [0.2, 0.25) is 5.91 Å². The van der Waals surface area contributed by atoms with Gasteiger partial charge in [0.05, 0.1) is 6.61 Å². The Hall–Kier alpha value is -3.42. The molecule has 0 radical (unpaired) electrons. The number of benzene rings is 1. The summed E-state index contributed by atoms with van der Waals surface area (Å²) < 4.78 is 10.3. The number of ether oxygens (including phenoxy) is 2. The van der Waals surface area contributed by atoms with Crippen molar-refractivity contribution in [2.45, 2.75) is 59.0 Å². The molecule has 0 unspecified atom stereocenters. The van der Waals surface area contributed by atoms with Gasteiger partial charge in [0, 0.05) is 19.2 Å². The van der Waals surface area contributed by atoms with Crippen LogP contribution in [0.15, 0.2) is 48.7 Å². The highest BCUT2D eigenvalue weighted by Gasteiger charge is 2.18. The van der Waals surface area contributed by atoms with Gasteiger partial charge in [-0.15, -0.1) is 0 Å². The van der Waals surface area contributed by atoms with Gasteiger partial charge in [-0.05, 0) is 70.2 Å². The molecule has 0 aliphatic carbocycles. The molecule has 0 aliphatic heterocycles. The largest absolute Gasteiger partial charge is 0.465 e. The summed E-state index contributed by atoms with van der Waals surface area (Å²) in [4.78, 5) is 42.5. The van der Waals surface area contributed by atoms with Crippen molar-refractivity contribution in [2.24, 2.45) is 0 Å². The number of hydrogen-bond acceptors (Lipinski definition) is 6. The summed E-state index contributed by atoms with van der Waals surface area (Å²) in [6, 6.07) is 13.5. The van der Waals surface area contributed by atoms with Crippen molar-refractivity contribution in [2.75, 3.05) is 25.0 Å². The molecule has 1 aromatic heterocycles. The standard InChI is InChI=1S/C26H35N3O5/c1-5-33-24(31)19-29(17-15-20-10-7-6-8-11-20)23(30)13-9-12-21-14-16-27-22(18-21)28-25(32)34-26(2,3)4/h6-8,10-11,14,16,18H,5,9,12-13,15,17,19H2,1-4H3,(H,27,28,32). The number of carbonyl (C=O) groups excluding carboxylic acids is 3. The smallest absolute Gasteiger partial charge is 0.413 e. The third-order valence-corrected chi connectivity index (χ3v) is 4.80. The zero-order valence-electron chi connectivity index (χ0n) is 20.5. The number of hydrogen-bond donors (Lipinski definition) is 1. The quantitative estimate of drug-likeness (QED) is 0.490. The van der Waals surface area contributed by atoms with E-state index in [1.54, 1.807) is 44.9 Å². The maximum atomic E-state index is 12.9. The van der Waals surface area contributed by atoms with E-state index in [4.69, 9.17) is 9.47 Å². The Balaban J connectivity index is 1.90. The molecule has 1 heterocycles. The Morgan fingerprint density at radius 2 is 1.76 bits per heavy atom. The van der Waals surface area contributed by atoms with Crippen molar-refractivity contribution in [3.63, 3.8) is 0 Å². The van der Waals surface area contributed by atoms with Gasteiger partial charge in [-0.2, -0.15) is 0 Å². The van der Waals surface area contributed by atoms with Crippen molar-refractivity contribution in [3.05, 3.63) is 59.8 Å². The van der Waals surface area contributed by atoms with Crippen LogP contribution in [0.5, 0.6) is 0 Å². The molecule has 8 heteroatoms. The third-order valence-electron chi connectivity index (χ3n) is 4.80. The number of nitrogens with zero attached hydrogens (tertiary/aromatic N) is 2.